The zero-order valence-corrected chi connectivity index (χ0v) is 25.4. The van der Waals surface area contributed by atoms with Crippen LogP contribution in [-0.2, 0) is 9.53 Å². The van der Waals surface area contributed by atoms with Gasteiger partial charge in [-0.1, -0.05) is 26.3 Å². The standard InChI is InChI=1S/C29H39N5O5S2/c1-5-6-17-9-22(34(3)14-17)28(38)33-23(27-25(36)24(35)26(37)29(39-27)40-4)16(2)41-20-7-8-21(18(10-20)11-30)19-12-31-15-32-13-19/h7-8,10,12-13,15-17,22-27,29,35-37H,5-6,9,14H2,1-4H3,(H,33,38)/t16-,17-,22+,23?,24+,25-,26-,27-,29-/m1/s1. The van der Waals surface area contributed by atoms with Crippen molar-refractivity contribution in [3.8, 4) is 17.2 Å². The maximum atomic E-state index is 13.6. The van der Waals surface area contributed by atoms with Crippen LogP contribution in [0.25, 0.3) is 11.1 Å². The molecule has 12 heteroatoms. The van der Waals surface area contributed by atoms with Crippen molar-refractivity contribution in [2.45, 2.75) is 85.2 Å². The molecule has 0 bridgehead atoms. The summed E-state index contributed by atoms with van der Waals surface area (Å²) in [6, 6.07) is 6.76. The number of thioether (sulfide) groups is 2. The summed E-state index contributed by atoms with van der Waals surface area (Å²) < 4.78 is 6.12. The number of amides is 1. The minimum absolute atomic E-state index is 0.155. The SMILES string of the molecule is CCC[C@@H]1C[C@@H](C(=O)NC([C@H]2O[C@H](SC)[C@H](O)[C@@H](O)[C@H]2O)[C@@H](C)Sc2ccc(-c3cncnc3)c(C#N)c2)N(C)C1. The van der Waals surface area contributed by atoms with Crippen molar-refractivity contribution in [2.75, 3.05) is 19.8 Å². The summed E-state index contributed by atoms with van der Waals surface area (Å²) in [6.07, 6.45) is 4.29. The Morgan fingerprint density at radius 2 is 1.98 bits per heavy atom. The molecule has 2 aliphatic rings. The van der Waals surface area contributed by atoms with E-state index >= 15 is 0 Å². The van der Waals surface area contributed by atoms with Gasteiger partial charge in [-0.15, -0.1) is 23.5 Å². The number of benzene rings is 1. The van der Waals surface area contributed by atoms with Crippen LogP contribution in [0, 0.1) is 17.2 Å². The van der Waals surface area contributed by atoms with Gasteiger partial charge in [0.2, 0.25) is 5.91 Å². The van der Waals surface area contributed by atoms with E-state index in [0.29, 0.717) is 17.0 Å². The molecule has 1 amide bonds. The van der Waals surface area contributed by atoms with Gasteiger partial charge < -0.3 is 25.4 Å². The van der Waals surface area contributed by atoms with E-state index in [0.717, 1.165) is 36.3 Å². The van der Waals surface area contributed by atoms with Gasteiger partial charge in [0.1, 0.15) is 36.2 Å². The first-order valence-corrected chi connectivity index (χ1v) is 16.0. The predicted octanol–water partition coefficient (Wildman–Crippen LogP) is 2.27. The molecule has 2 fully saturated rings. The van der Waals surface area contributed by atoms with Gasteiger partial charge in [-0.05, 0) is 44.2 Å². The average molecular weight is 602 g/mol. The van der Waals surface area contributed by atoms with E-state index in [-0.39, 0.29) is 17.2 Å². The van der Waals surface area contributed by atoms with Crippen molar-refractivity contribution < 1.29 is 24.9 Å². The normalized spacial score (nSPS) is 30.0. The lowest BCUT2D eigenvalue weighted by Crippen LogP contribution is -2.65. The van der Waals surface area contributed by atoms with E-state index in [2.05, 4.69) is 33.2 Å². The van der Waals surface area contributed by atoms with Gasteiger partial charge in [0, 0.05) is 40.2 Å². The summed E-state index contributed by atoms with van der Waals surface area (Å²) in [4.78, 5) is 24.6. The van der Waals surface area contributed by atoms with Gasteiger partial charge in [0.05, 0.1) is 23.7 Å². The van der Waals surface area contributed by atoms with Gasteiger partial charge in [-0.2, -0.15) is 5.26 Å². The summed E-state index contributed by atoms with van der Waals surface area (Å²) in [5.41, 5.74) is 1.14. The number of hydrogen-bond donors (Lipinski definition) is 4. The van der Waals surface area contributed by atoms with Crippen molar-refractivity contribution in [3.63, 3.8) is 0 Å². The number of ether oxygens (including phenoxy) is 1. The fourth-order valence-electron chi connectivity index (χ4n) is 5.79. The lowest BCUT2D eigenvalue weighted by atomic mass is 9.92. The molecule has 41 heavy (non-hydrogen) atoms. The number of carbonyl (C=O) groups is 1. The molecule has 0 radical (unpaired) electrons. The highest BCUT2D eigenvalue weighted by atomic mass is 32.2. The molecule has 4 N–H and O–H groups in total. The van der Waals surface area contributed by atoms with Gasteiger partial charge in [-0.3, -0.25) is 9.69 Å². The fourth-order valence-corrected chi connectivity index (χ4v) is 7.60. The Morgan fingerprint density at radius 3 is 2.63 bits per heavy atom. The number of aliphatic hydroxyl groups is 3. The summed E-state index contributed by atoms with van der Waals surface area (Å²) >= 11 is 2.67. The van der Waals surface area contributed by atoms with Gasteiger partial charge in [0.25, 0.3) is 0 Å². The zero-order chi connectivity index (χ0) is 29.7. The molecule has 0 aliphatic carbocycles. The lowest BCUT2D eigenvalue weighted by molar-refractivity contribution is -0.205. The van der Waals surface area contributed by atoms with Crippen molar-refractivity contribution >= 4 is 29.4 Å². The van der Waals surface area contributed by atoms with E-state index in [9.17, 15) is 25.4 Å². The number of nitrogens with zero attached hydrogens (tertiary/aromatic N) is 4. The number of carbonyl (C=O) groups excluding carboxylic acids is 1. The highest BCUT2D eigenvalue weighted by molar-refractivity contribution is 8.00. The molecule has 3 heterocycles. The molecular weight excluding hydrogens is 562 g/mol. The minimum Gasteiger partial charge on any atom is -0.388 e. The van der Waals surface area contributed by atoms with E-state index in [1.165, 1.54) is 29.9 Å². The van der Waals surface area contributed by atoms with Crippen molar-refractivity contribution in [3.05, 3.63) is 42.5 Å². The highest BCUT2D eigenvalue weighted by Crippen LogP contribution is 2.36. The molecule has 2 aliphatic heterocycles. The summed E-state index contributed by atoms with van der Waals surface area (Å²) in [6.45, 7) is 4.91. The third-order valence-electron chi connectivity index (χ3n) is 7.95. The second kappa shape index (κ2) is 14.3. The molecule has 10 nitrogen and oxygen atoms in total. The number of rotatable bonds is 10. The van der Waals surface area contributed by atoms with Crippen LogP contribution >= 0.6 is 23.5 Å². The molecule has 1 unspecified atom stereocenters. The Bertz CT molecular complexity index is 1220. The smallest absolute Gasteiger partial charge is 0.237 e. The maximum Gasteiger partial charge on any atom is 0.237 e. The van der Waals surface area contributed by atoms with E-state index in [1.54, 1.807) is 24.7 Å². The Morgan fingerprint density at radius 1 is 1.24 bits per heavy atom. The lowest BCUT2D eigenvalue weighted by Gasteiger charge is -2.44. The number of likely N-dealkylation sites (N-methyl/N-ethyl adjacent to an activating group) is 1. The molecule has 4 rings (SSSR count). The predicted molar refractivity (Wildman–Crippen MR) is 159 cm³/mol. The minimum atomic E-state index is -1.43. The van der Waals surface area contributed by atoms with Gasteiger partial charge >= 0.3 is 0 Å². The van der Waals surface area contributed by atoms with Crippen LogP contribution in [0.5, 0.6) is 0 Å². The third-order valence-corrected chi connectivity index (χ3v) is 9.99. The van der Waals surface area contributed by atoms with E-state index < -0.39 is 35.9 Å². The van der Waals surface area contributed by atoms with Crippen LogP contribution in [0.2, 0.25) is 0 Å². The van der Waals surface area contributed by atoms with Crippen LogP contribution in [0.4, 0.5) is 0 Å². The van der Waals surface area contributed by atoms with Crippen molar-refractivity contribution in [2.24, 2.45) is 5.92 Å². The second-order valence-corrected chi connectivity index (χ2v) is 13.2. The van der Waals surface area contributed by atoms with Crippen LogP contribution in [-0.4, -0.2) is 103 Å². The summed E-state index contributed by atoms with van der Waals surface area (Å²) in [5.74, 6) is 0.288. The highest BCUT2D eigenvalue weighted by Gasteiger charge is 2.48. The fraction of sp³-hybridized carbons (Fsp3) is 0.586. The van der Waals surface area contributed by atoms with Crippen LogP contribution in [0.1, 0.15) is 38.7 Å². The monoisotopic (exact) mass is 601 g/mol. The first-order chi connectivity index (χ1) is 19.7. The third kappa shape index (κ3) is 7.22. The van der Waals surface area contributed by atoms with Crippen molar-refractivity contribution in [1.29, 1.82) is 5.26 Å². The first kappa shape index (κ1) is 31.7. The van der Waals surface area contributed by atoms with E-state index in [4.69, 9.17) is 4.74 Å². The van der Waals surface area contributed by atoms with E-state index in [1.807, 2.05) is 26.1 Å². The van der Waals surface area contributed by atoms with Crippen LogP contribution < -0.4 is 5.32 Å². The molecule has 0 saturated carbocycles. The number of nitriles is 1. The van der Waals surface area contributed by atoms with Gasteiger partial charge in [-0.25, -0.2) is 9.97 Å². The largest absolute Gasteiger partial charge is 0.388 e. The molecule has 1 aromatic carbocycles. The number of hydrogen-bond acceptors (Lipinski definition) is 11. The van der Waals surface area contributed by atoms with Gasteiger partial charge in [0.15, 0.2) is 0 Å². The average Bonchev–Trinajstić information content (AvgIpc) is 3.35. The molecule has 1 aromatic heterocycles. The molecule has 2 aromatic rings. The number of nitrogens with one attached hydrogen (secondary N) is 1. The summed E-state index contributed by atoms with van der Waals surface area (Å²) in [5, 5.41) is 44.8. The Kier molecular flexibility index (Phi) is 11.0. The molecule has 9 atom stereocenters. The number of aromatic nitrogens is 2. The number of aliphatic hydroxyl groups excluding tert-OH is 3. The quantitative estimate of drug-likeness (QED) is 0.297. The maximum absolute atomic E-state index is 13.6. The Hall–Kier alpha value is -2.24. The van der Waals surface area contributed by atoms with Crippen LogP contribution in [0.15, 0.2) is 41.8 Å². The number of likely N-dealkylation sites (tertiary alicyclic amines) is 1. The second-order valence-electron chi connectivity index (χ2n) is 10.8. The summed E-state index contributed by atoms with van der Waals surface area (Å²) in [7, 11) is 1.95. The topological polar surface area (TPSA) is 152 Å². The first-order valence-electron chi connectivity index (χ1n) is 13.9. The van der Waals surface area contributed by atoms with Crippen molar-refractivity contribution in [1.82, 2.24) is 20.2 Å². The Labute approximate surface area is 249 Å². The molecular formula is C29H39N5O5S2. The van der Waals surface area contributed by atoms with Crippen LogP contribution in [0.3, 0.4) is 0 Å². The Balaban J connectivity index is 1.60. The zero-order valence-electron chi connectivity index (χ0n) is 23.8. The molecule has 2 saturated heterocycles. The molecule has 222 valence electrons. The molecule has 0 spiro atoms.